The Labute approximate surface area is 351 Å². The number of carbonyl (C=O) groups excluding carboxylic acids is 3. The van der Waals surface area contributed by atoms with Gasteiger partial charge in [-0.15, -0.1) is 0 Å². The molecule has 0 amide bonds. The third kappa shape index (κ3) is 43.8. The number of carbonyl (C=O) groups is 3. The van der Waals surface area contributed by atoms with Crippen LogP contribution >= 0.6 is 0 Å². The van der Waals surface area contributed by atoms with Crippen molar-refractivity contribution in [1.82, 2.24) is 0 Å². The Morgan fingerprint density at radius 3 is 1.30 bits per heavy atom. The van der Waals surface area contributed by atoms with Gasteiger partial charge in [0, 0.05) is 19.3 Å². The van der Waals surface area contributed by atoms with Crippen LogP contribution in [0.5, 0.6) is 0 Å². The quantitative estimate of drug-likeness (QED) is 0.0202. The number of hydrogen-bond donors (Lipinski definition) is 0. The van der Waals surface area contributed by atoms with Crippen molar-refractivity contribution in [2.24, 2.45) is 0 Å². The molecule has 0 spiro atoms. The Morgan fingerprint density at radius 1 is 0.386 bits per heavy atom. The highest BCUT2D eigenvalue weighted by atomic mass is 16.6. The largest absolute Gasteiger partial charge is 0.462 e. The monoisotopic (exact) mass is 795 g/mol. The van der Waals surface area contributed by atoms with Gasteiger partial charge in [-0.2, -0.15) is 0 Å². The average molecular weight is 795 g/mol. The Hall–Kier alpha value is -3.15. The van der Waals surface area contributed by atoms with Crippen molar-refractivity contribution in [2.45, 2.75) is 219 Å². The van der Waals surface area contributed by atoms with E-state index in [-0.39, 0.29) is 31.1 Å². The van der Waals surface area contributed by atoms with Gasteiger partial charge >= 0.3 is 17.9 Å². The number of ether oxygens (including phenoxy) is 3. The number of rotatable bonds is 41. The van der Waals surface area contributed by atoms with E-state index in [0.717, 1.165) is 96.3 Å². The van der Waals surface area contributed by atoms with Gasteiger partial charge < -0.3 is 14.2 Å². The fraction of sp³-hybridized carbons (Fsp3) is 0.706. The molecule has 0 N–H and O–H groups in total. The molecule has 0 rings (SSSR count). The molecular formula is C51H86O6. The van der Waals surface area contributed by atoms with Crippen molar-refractivity contribution in [3.8, 4) is 0 Å². The van der Waals surface area contributed by atoms with Crippen molar-refractivity contribution in [1.29, 1.82) is 0 Å². The third-order valence-electron chi connectivity index (χ3n) is 9.69. The summed E-state index contributed by atoms with van der Waals surface area (Å²) < 4.78 is 16.6. The summed E-state index contributed by atoms with van der Waals surface area (Å²) in [5.74, 6) is -0.995. The second-order valence-corrected chi connectivity index (χ2v) is 15.3. The molecule has 0 aliphatic carbocycles. The molecule has 6 heteroatoms. The minimum Gasteiger partial charge on any atom is -0.462 e. The van der Waals surface area contributed by atoms with E-state index >= 15 is 0 Å². The summed E-state index contributed by atoms with van der Waals surface area (Å²) in [7, 11) is 0. The van der Waals surface area contributed by atoms with E-state index in [9.17, 15) is 14.4 Å². The highest BCUT2D eigenvalue weighted by molar-refractivity contribution is 5.71. The average Bonchev–Trinajstić information content (AvgIpc) is 3.21. The molecule has 0 aromatic rings. The molecule has 0 aromatic carbocycles. The van der Waals surface area contributed by atoms with Gasteiger partial charge in [-0.25, -0.2) is 0 Å². The van der Waals surface area contributed by atoms with Crippen molar-refractivity contribution in [2.75, 3.05) is 13.2 Å². The number of esters is 3. The Balaban J connectivity index is 4.46. The smallest absolute Gasteiger partial charge is 0.306 e. The lowest BCUT2D eigenvalue weighted by Crippen LogP contribution is -2.30. The first-order valence-electron chi connectivity index (χ1n) is 23.5. The van der Waals surface area contributed by atoms with E-state index in [2.05, 4.69) is 93.7 Å². The van der Waals surface area contributed by atoms with Gasteiger partial charge in [0.2, 0.25) is 0 Å². The summed E-state index contributed by atoms with van der Waals surface area (Å²) in [5, 5.41) is 0. The molecule has 0 saturated heterocycles. The van der Waals surface area contributed by atoms with Crippen LogP contribution in [0.2, 0.25) is 0 Å². The van der Waals surface area contributed by atoms with E-state index < -0.39 is 6.10 Å². The van der Waals surface area contributed by atoms with Gasteiger partial charge in [0.05, 0.1) is 0 Å². The highest BCUT2D eigenvalue weighted by Gasteiger charge is 2.19. The summed E-state index contributed by atoms with van der Waals surface area (Å²) in [5.41, 5.74) is 0. The van der Waals surface area contributed by atoms with Crippen molar-refractivity contribution < 1.29 is 28.6 Å². The maximum atomic E-state index is 12.7. The molecule has 1 atom stereocenters. The second-order valence-electron chi connectivity index (χ2n) is 15.3. The summed E-state index contributed by atoms with van der Waals surface area (Å²) >= 11 is 0. The van der Waals surface area contributed by atoms with E-state index in [0.29, 0.717) is 25.7 Å². The zero-order valence-corrected chi connectivity index (χ0v) is 37.1. The maximum Gasteiger partial charge on any atom is 0.306 e. The zero-order chi connectivity index (χ0) is 41.5. The van der Waals surface area contributed by atoms with E-state index in [1.54, 1.807) is 0 Å². The maximum absolute atomic E-state index is 12.7. The Morgan fingerprint density at radius 2 is 0.754 bits per heavy atom. The number of unbranched alkanes of at least 4 members (excludes halogenated alkanes) is 19. The van der Waals surface area contributed by atoms with E-state index in [4.69, 9.17) is 14.2 Å². The molecular weight excluding hydrogens is 709 g/mol. The van der Waals surface area contributed by atoms with Crippen LogP contribution in [0.4, 0.5) is 0 Å². The first-order chi connectivity index (χ1) is 28.0. The van der Waals surface area contributed by atoms with Crippen LogP contribution in [0.25, 0.3) is 0 Å². The summed E-state index contributed by atoms with van der Waals surface area (Å²) in [4.78, 5) is 37.7. The molecule has 0 aromatic heterocycles. The van der Waals surface area contributed by atoms with Crippen LogP contribution < -0.4 is 0 Å². The van der Waals surface area contributed by atoms with Gasteiger partial charge in [-0.05, 0) is 96.3 Å². The third-order valence-corrected chi connectivity index (χ3v) is 9.69. The zero-order valence-electron chi connectivity index (χ0n) is 37.1. The SMILES string of the molecule is CC/C=C\C/C=C\C/C=C\CCCCCCC(=O)OC(COC(=O)CCC/C=C\CCCCCC)COC(=O)CCCCC/C=C\C=C/CCCCCCCCC. The first kappa shape index (κ1) is 53.9. The van der Waals surface area contributed by atoms with Crippen LogP contribution in [-0.4, -0.2) is 37.2 Å². The van der Waals surface area contributed by atoms with Crippen molar-refractivity contribution >= 4 is 17.9 Å². The van der Waals surface area contributed by atoms with Crippen LogP contribution in [0, 0.1) is 0 Å². The molecule has 0 heterocycles. The van der Waals surface area contributed by atoms with Crippen molar-refractivity contribution in [3.63, 3.8) is 0 Å². The second kappa shape index (κ2) is 45.6. The fourth-order valence-electron chi connectivity index (χ4n) is 6.15. The molecule has 0 fully saturated rings. The van der Waals surface area contributed by atoms with Crippen molar-refractivity contribution in [3.05, 3.63) is 72.9 Å². The van der Waals surface area contributed by atoms with Crippen LogP contribution in [-0.2, 0) is 28.6 Å². The van der Waals surface area contributed by atoms with Crippen LogP contribution in [0.15, 0.2) is 72.9 Å². The van der Waals surface area contributed by atoms with Gasteiger partial charge in [0.15, 0.2) is 6.10 Å². The standard InChI is InChI=1S/C51H86O6/c1-4-7-10-13-16-19-21-23-25-26-28-29-32-35-38-41-44-50(53)56-47-48(46-55-49(52)43-40-37-34-31-18-15-12-9-6-3)57-51(54)45-42-39-36-33-30-27-24-22-20-17-14-11-8-5-2/h8,11,17,20,24-29,31,34,48H,4-7,9-10,12-16,18-19,21-23,30,32-33,35-47H2,1-3H3/b11-8-,20-17-,26-25-,27-24-,29-28-,34-31-. The van der Waals surface area contributed by atoms with Gasteiger partial charge in [-0.3, -0.25) is 14.4 Å². The molecule has 1 unspecified atom stereocenters. The van der Waals surface area contributed by atoms with Crippen LogP contribution in [0.1, 0.15) is 213 Å². The fourth-order valence-corrected chi connectivity index (χ4v) is 6.15. The molecule has 0 aliphatic rings. The van der Waals surface area contributed by atoms with Gasteiger partial charge in [-0.1, -0.05) is 171 Å². The minimum absolute atomic E-state index is 0.108. The molecule has 0 radical (unpaired) electrons. The predicted octanol–water partition coefficient (Wildman–Crippen LogP) is 15.1. The molecule has 0 aliphatic heterocycles. The molecule has 0 bridgehead atoms. The summed E-state index contributed by atoms with van der Waals surface area (Å²) in [6.45, 7) is 6.40. The molecule has 0 saturated carbocycles. The Kier molecular flexibility index (Phi) is 43.0. The van der Waals surface area contributed by atoms with E-state index in [1.165, 1.54) is 70.6 Å². The van der Waals surface area contributed by atoms with Gasteiger partial charge in [0.1, 0.15) is 13.2 Å². The first-order valence-corrected chi connectivity index (χ1v) is 23.5. The lowest BCUT2D eigenvalue weighted by Gasteiger charge is -2.18. The lowest BCUT2D eigenvalue weighted by molar-refractivity contribution is -0.167. The number of hydrogen-bond acceptors (Lipinski definition) is 6. The topological polar surface area (TPSA) is 78.9 Å². The van der Waals surface area contributed by atoms with Crippen LogP contribution in [0.3, 0.4) is 0 Å². The predicted molar refractivity (Wildman–Crippen MR) is 242 cm³/mol. The summed E-state index contributed by atoms with van der Waals surface area (Å²) in [6.07, 6.45) is 56.1. The normalized spacial score (nSPS) is 12.7. The number of allylic oxidation sites excluding steroid dienone is 12. The summed E-state index contributed by atoms with van der Waals surface area (Å²) in [6, 6.07) is 0. The van der Waals surface area contributed by atoms with Gasteiger partial charge in [0.25, 0.3) is 0 Å². The van der Waals surface area contributed by atoms with E-state index in [1.807, 2.05) is 0 Å². The lowest BCUT2D eigenvalue weighted by atomic mass is 10.1. The molecule has 326 valence electrons. The molecule has 57 heavy (non-hydrogen) atoms. The Bertz CT molecular complexity index is 1100. The molecule has 6 nitrogen and oxygen atoms in total. The minimum atomic E-state index is -0.806. The highest BCUT2D eigenvalue weighted by Crippen LogP contribution is 2.12.